The topological polar surface area (TPSA) is 92.5 Å². The fourth-order valence-electron chi connectivity index (χ4n) is 5.85. The Kier molecular flexibility index (Phi) is 7.73. The summed E-state index contributed by atoms with van der Waals surface area (Å²) in [6.07, 6.45) is 6.28. The number of amides is 1. The SMILES string of the molecule is CSc1cc(C)[nH]c(=O)c1CNC(=O)c1cc(Cl)c2c(c1C)OC(C)(C1CCC(N[C@H]3C[C@H](F)C3)CC1)O2. The number of nitrogens with one attached hydrogen (secondary N) is 3. The summed E-state index contributed by atoms with van der Waals surface area (Å²) in [5, 5.41) is 6.78. The molecule has 5 rings (SSSR count). The second-order valence-corrected chi connectivity index (χ2v) is 12.2. The van der Waals surface area contributed by atoms with Crippen LogP contribution in [0, 0.1) is 19.8 Å². The van der Waals surface area contributed by atoms with Crippen LogP contribution in [-0.2, 0) is 6.54 Å². The number of carbonyl (C=O) groups excluding carboxylic acids is 1. The van der Waals surface area contributed by atoms with Crippen LogP contribution in [0.2, 0.25) is 5.02 Å². The zero-order valence-electron chi connectivity index (χ0n) is 22.2. The van der Waals surface area contributed by atoms with Crippen molar-refractivity contribution in [2.24, 2.45) is 5.92 Å². The number of aromatic amines is 1. The Labute approximate surface area is 231 Å². The molecule has 1 aromatic heterocycles. The molecule has 38 heavy (non-hydrogen) atoms. The van der Waals surface area contributed by atoms with E-state index in [2.05, 4.69) is 15.6 Å². The third kappa shape index (κ3) is 5.29. The van der Waals surface area contributed by atoms with Gasteiger partial charge >= 0.3 is 0 Å². The van der Waals surface area contributed by atoms with Gasteiger partial charge in [0.1, 0.15) is 6.17 Å². The van der Waals surface area contributed by atoms with Gasteiger partial charge in [-0.15, -0.1) is 11.8 Å². The third-order valence-electron chi connectivity index (χ3n) is 8.19. The van der Waals surface area contributed by atoms with Crippen molar-refractivity contribution in [1.29, 1.82) is 0 Å². The monoisotopic (exact) mass is 563 g/mol. The fourth-order valence-corrected chi connectivity index (χ4v) is 6.79. The molecule has 1 amide bonds. The third-order valence-corrected chi connectivity index (χ3v) is 9.27. The van der Waals surface area contributed by atoms with E-state index in [4.69, 9.17) is 21.1 Å². The van der Waals surface area contributed by atoms with Gasteiger partial charge in [-0.3, -0.25) is 9.59 Å². The van der Waals surface area contributed by atoms with Crippen LogP contribution < -0.4 is 25.7 Å². The fraction of sp³-hybridized carbons (Fsp3) is 0.571. The van der Waals surface area contributed by atoms with Crippen LogP contribution in [0.5, 0.6) is 11.5 Å². The van der Waals surface area contributed by atoms with Crippen molar-refractivity contribution in [2.75, 3.05) is 6.26 Å². The van der Waals surface area contributed by atoms with E-state index in [1.165, 1.54) is 11.8 Å². The zero-order valence-corrected chi connectivity index (χ0v) is 23.8. The molecule has 206 valence electrons. The summed E-state index contributed by atoms with van der Waals surface area (Å²) in [5.74, 6) is -0.0955. The number of thioether (sulfide) groups is 1. The second kappa shape index (κ2) is 10.7. The van der Waals surface area contributed by atoms with E-state index >= 15 is 0 Å². The van der Waals surface area contributed by atoms with E-state index in [0.29, 0.717) is 58.1 Å². The predicted molar refractivity (Wildman–Crippen MR) is 147 cm³/mol. The quantitative estimate of drug-likeness (QED) is 0.389. The van der Waals surface area contributed by atoms with Gasteiger partial charge in [0.25, 0.3) is 17.3 Å². The Hall–Kier alpha value is -2.23. The Morgan fingerprint density at radius 2 is 1.84 bits per heavy atom. The van der Waals surface area contributed by atoms with Crippen molar-refractivity contribution in [2.45, 2.75) is 94.8 Å². The average molecular weight is 564 g/mol. The maximum absolute atomic E-state index is 13.2. The van der Waals surface area contributed by atoms with Crippen molar-refractivity contribution in [3.05, 3.63) is 49.9 Å². The predicted octanol–water partition coefficient (Wildman–Crippen LogP) is 5.43. The van der Waals surface area contributed by atoms with Gasteiger partial charge in [0.05, 0.1) is 5.02 Å². The first kappa shape index (κ1) is 27.3. The van der Waals surface area contributed by atoms with Crippen molar-refractivity contribution in [3.8, 4) is 11.5 Å². The molecule has 0 radical (unpaired) electrons. The summed E-state index contributed by atoms with van der Waals surface area (Å²) < 4.78 is 25.9. The van der Waals surface area contributed by atoms with Crippen LogP contribution in [0.3, 0.4) is 0 Å². The van der Waals surface area contributed by atoms with Crippen molar-refractivity contribution >= 4 is 29.3 Å². The first-order chi connectivity index (χ1) is 18.1. The van der Waals surface area contributed by atoms with Crippen LogP contribution in [0.1, 0.15) is 72.6 Å². The second-order valence-electron chi connectivity index (χ2n) is 10.9. The highest BCUT2D eigenvalue weighted by molar-refractivity contribution is 7.98. The molecule has 0 spiro atoms. The smallest absolute Gasteiger partial charge is 0.254 e. The number of carbonyl (C=O) groups is 1. The van der Waals surface area contributed by atoms with E-state index in [9.17, 15) is 14.0 Å². The van der Waals surface area contributed by atoms with Crippen LogP contribution in [0.25, 0.3) is 0 Å². The summed E-state index contributed by atoms with van der Waals surface area (Å²) in [7, 11) is 0. The Morgan fingerprint density at radius 3 is 2.50 bits per heavy atom. The zero-order chi connectivity index (χ0) is 27.2. The minimum Gasteiger partial charge on any atom is -0.448 e. The molecule has 2 aromatic rings. The molecular formula is C28H35ClFN3O4S. The maximum atomic E-state index is 13.2. The highest BCUT2D eigenvalue weighted by Gasteiger charge is 2.47. The van der Waals surface area contributed by atoms with Gasteiger partial charge in [0, 0.05) is 58.7 Å². The number of halogens is 2. The van der Waals surface area contributed by atoms with Crippen LogP contribution >= 0.6 is 23.4 Å². The lowest BCUT2D eigenvalue weighted by molar-refractivity contribution is -0.121. The number of benzene rings is 1. The van der Waals surface area contributed by atoms with Crippen molar-refractivity contribution in [1.82, 2.24) is 15.6 Å². The molecule has 3 N–H and O–H groups in total. The summed E-state index contributed by atoms with van der Waals surface area (Å²) in [6, 6.07) is 4.19. The van der Waals surface area contributed by atoms with Gasteiger partial charge in [-0.1, -0.05) is 11.6 Å². The lowest BCUT2D eigenvalue weighted by Gasteiger charge is -2.40. The Morgan fingerprint density at radius 1 is 1.16 bits per heavy atom. The van der Waals surface area contributed by atoms with Crippen LogP contribution in [0.4, 0.5) is 4.39 Å². The number of ether oxygens (including phenoxy) is 2. The van der Waals surface area contributed by atoms with E-state index in [1.54, 1.807) is 6.07 Å². The van der Waals surface area contributed by atoms with Crippen molar-refractivity contribution in [3.63, 3.8) is 0 Å². The molecule has 2 fully saturated rings. The van der Waals surface area contributed by atoms with Crippen molar-refractivity contribution < 1.29 is 18.7 Å². The Bertz CT molecular complexity index is 1290. The lowest BCUT2D eigenvalue weighted by Crippen LogP contribution is -2.51. The number of hydrogen-bond donors (Lipinski definition) is 3. The summed E-state index contributed by atoms with van der Waals surface area (Å²) in [4.78, 5) is 29.3. The summed E-state index contributed by atoms with van der Waals surface area (Å²) in [5.41, 5.74) is 2.11. The van der Waals surface area contributed by atoms with E-state index < -0.39 is 12.0 Å². The first-order valence-electron chi connectivity index (χ1n) is 13.2. The molecule has 0 bridgehead atoms. The molecule has 10 heteroatoms. The molecule has 7 nitrogen and oxygen atoms in total. The standard InChI is InChI=1S/C28H35ClFN3O4S/c1-14-9-23(38-4)21(27(35)32-14)13-31-26(34)20-12-22(29)25-24(15(20)2)36-28(3,37-25)16-5-7-18(8-6-16)33-19-10-17(30)11-19/h9,12,16-19,33H,5-8,10-11,13H2,1-4H3,(H,31,34)(H,32,35)/t16?,17-,18?,19-,28?. The number of rotatable bonds is 7. The normalized spacial score (nSPS) is 28.2. The van der Waals surface area contributed by atoms with Gasteiger partial charge < -0.3 is 25.1 Å². The van der Waals surface area contributed by atoms with Gasteiger partial charge in [0.2, 0.25) is 0 Å². The minimum absolute atomic E-state index is 0.0952. The summed E-state index contributed by atoms with van der Waals surface area (Å²) in [6.45, 7) is 5.68. The molecule has 2 saturated carbocycles. The van der Waals surface area contributed by atoms with E-state index in [0.717, 1.165) is 36.3 Å². The van der Waals surface area contributed by atoms with E-state index in [-0.39, 0.29) is 23.9 Å². The van der Waals surface area contributed by atoms with Gasteiger partial charge in [0.15, 0.2) is 11.5 Å². The molecule has 0 saturated heterocycles. The number of fused-ring (bicyclic) bond motifs is 1. The number of pyridine rings is 1. The Balaban J connectivity index is 1.26. The number of H-pyrrole nitrogens is 1. The number of hydrogen-bond acceptors (Lipinski definition) is 6. The maximum Gasteiger partial charge on any atom is 0.254 e. The molecule has 2 aliphatic carbocycles. The van der Waals surface area contributed by atoms with E-state index in [1.807, 2.05) is 33.1 Å². The van der Waals surface area contributed by atoms with Crippen LogP contribution in [-0.4, -0.2) is 41.2 Å². The average Bonchev–Trinajstić information content (AvgIpc) is 3.24. The highest BCUT2D eigenvalue weighted by Crippen LogP contribution is 2.51. The summed E-state index contributed by atoms with van der Waals surface area (Å²) >= 11 is 8.06. The van der Waals surface area contributed by atoms with Gasteiger partial charge in [-0.25, -0.2) is 4.39 Å². The lowest BCUT2D eigenvalue weighted by atomic mass is 9.80. The first-order valence-corrected chi connectivity index (χ1v) is 14.8. The largest absolute Gasteiger partial charge is 0.448 e. The number of aryl methyl sites for hydroxylation is 1. The molecule has 2 heterocycles. The number of alkyl halides is 1. The molecule has 1 aromatic carbocycles. The molecule has 1 atom stereocenters. The highest BCUT2D eigenvalue weighted by atomic mass is 35.5. The molecular weight excluding hydrogens is 529 g/mol. The van der Waals surface area contributed by atoms with Gasteiger partial charge in [-0.05, 0) is 70.8 Å². The molecule has 1 unspecified atom stereocenters. The number of aromatic nitrogens is 1. The van der Waals surface area contributed by atoms with Crippen LogP contribution in [0.15, 0.2) is 21.8 Å². The minimum atomic E-state index is -0.875. The van der Waals surface area contributed by atoms with Gasteiger partial charge in [-0.2, -0.15) is 0 Å². The molecule has 1 aliphatic heterocycles. The molecule has 3 aliphatic rings.